The molecule has 1 aromatic carbocycles. The van der Waals surface area contributed by atoms with E-state index in [-0.39, 0.29) is 23.6 Å². The Kier molecular flexibility index (Phi) is 7.78. The topological polar surface area (TPSA) is 64.4 Å². The van der Waals surface area contributed by atoms with Crippen molar-refractivity contribution in [3.8, 4) is 11.3 Å². The van der Waals surface area contributed by atoms with Crippen molar-refractivity contribution in [2.24, 2.45) is 0 Å². The van der Waals surface area contributed by atoms with Gasteiger partial charge in [-0.1, -0.05) is 39.0 Å². The number of aromatic amines is 1. The molecule has 1 aliphatic heterocycles. The third-order valence-corrected chi connectivity index (χ3v) is 13.0. The molecule has 6 nitrogen and oxygen atoms in total. The van der Waals surface area contributed by atoms with Gasteiger partial charge in [-0.05, 0) is 71.9 Å². The van der Waals surface area contributed by atoms with E-state index in [1.54, 1.807) is 19.2 Å². The van der Waals surface area contributed by atoms with Crippen LogP contribution in [0.5, 0.6) is 0 Å². The number of fused-ring (bicyclic) bond motifs is 1. The Labute approximate surface area is 239 Å². The summed E-state index contributed by atoms with van der Waals surface area (Å²) in [6, 6.07) is 8.39. The predicted octanol–water partition coefficient (Wildman–Crippen LogP) is 7.97. The summed E-state index contributed by atoms with van der Waals surface area (Å²) in [5, 5.41) is 7.22. The zero-order valence-corrected chi connectivity index (χ0v) is 25.4. The molecule has 218 valence electrons. The molecule has 0 saturated heterocycles. The number of imidazole rings is 1. The number of aromatic nitrogens is 4. The monoisotopic (exact) mass is 582 g/mol. The molecule has 4 aromatic rings. The highest BCUT2D eigenvalue weighted by molar-refractivity contribution is 6.74. The lowest BCUT2D eigenvalue weighted by Crippen LogP contribution is -2.40. The fourth-order valence-corrected chi connectivity index (χ4v) is 5.87. The van der Waals surface area contributed by atoms with Gasteiger partial charge in [-0.2, -0.15) is 18.3 Å². The molecule has 0 saturated carbocycles. The number of alkyl halides is 3. The summed E-state index contributed by atoms with van der Waals surface area (Å²) in [6.07, 6.45) is 2.45. The average Bonchev–Trinajstić information content (AvgIpc) is 3.56. The van der Waals surface area contributed by atoms with Crippen molar-refractivity contribution < 1.29 is 22.3 Å². The van der Waals surface area contributed by atoms with E-state index in [9.17, 15) is 13.2 Å². The molecule has 0 atom stereocenters. The number of nitrogens with one attached hydrogen (secondary N) is 1. The number of pyridine rings is 1. The lowest BCUT2D eigenvalue weighted by molar-refractivity contribution is -0.138. The molecule has 0 aliphatic carbocycles. The van der Waals surface area contributed by atoms with Crippen LogP contribution in [-0.4, -0.2) is 41.1 Å². The fraction of sp³-hybridized carbons (Fsp3) is 0.419. The summed E-state index contributed by atoms with van der Waals surface area (Å²) in [7, 11) is -2.14. The Morgan fingerprint density at radius 2 is 1.93 bits per heavy atom. The van der Waals surface area contributed by atoms with E-state index < -0.39 is 20.1 Å². The largest absolute Gasteiger partial charge is 0.416 e. The minimum absolute atomic E-state index is 0.00622. The highest BCUT2D eigenvalue weighted by Gasteiger charge is 2.38. The van der Waals surface area contributed by atoms with Gasteiger partial charge in [-0.25, -0.2) is 4.98 Å². The number of hydrogen-bond donors (Lipinski definition) is 1. The molecule has 0 spiro atoms. The third kappa shape index (κ3) is 5.91. The Morgan fingerprint density at radius 3 is 2.56 bits per heavy atom. The van der Waals surface area contributed by atoms with Gasteiger partial charge in [0.05, 0.1) is 42.5 Å². The molecule has 0 bridgehead atoms. The standard InChI is InChI=1S/C31H37F3N4O2Si/c1-20-22(8-7-9-25(20)31(32,33)34)17-28-27(19-40-41(5,6)30(2,3)4)36-29-24(26-10-13-35-37-26)16-23(18-38(28)29)21-11-14-39-15-12-21/h7-11,13,16,18H,12,14-15,17,19H2,1-6H3,(H,35,37). The first-order chi connectivity index (χ1) is 19.3. The van der Waals surface area contributed by atoms with E-state index in [1.807, 2.05) is 16.7 Å². The van der Waals surface area contributed by atoms with Crippen molar-refractivity contribution in [1.29, 1.82) is 0 Å². The van der Waals surface area contributed by atoms with Crippen molar-refractivity contribution in [3.63, 3.8) is 0 Å². The number of H-pyrrole nitrogens is 1. The van der Waals surface area contributed by atoms with Gasteiger partial charge < -0.3 is 13.6 Å². The molecule has 4 heterocycles. The second kappa shape index (κ2) is 10.9. The second-order valence-electron chi connectivity index (χ2n) is 12.2. The Bertz CT molecular complexity index is 1580. The van der Waals surface area contributed by atoms with Crippen molar-refractivity contribution in [3.05, 3.63) is 82.4 Å². The smallest absolute Gasteiger partial charge is 0.411 e. The fourth-order valence-electron chi connectivity index (χ4n) is 4.94. The quantitative estimate of drug-likeness (QED) is 0.225. The van der Waals surface area contributed by atoms with Gasteiger partial charge in [-0.3, -0.25) is 5.10 Å². The van der Waals surface area contributed by atoms with Crippen molar-refractivity contribution in [2.75, 3.05) is 13.2 Å². The Morgan fingerprint density at radius 1 is 1.15 bits per heavy atom. The first-order valence-corrected chi connectivity index (χ1v) is 16.8. The van der Waals surface area contributed by atoms with Gasteiger partial charge in [0.2, 0.25) is 0 Å². The van der Waals surface area contributed by atoms with E-state index in [0.717, 1.165) is 46.3 Å². The van der Waals surface area contributed by atoms with Crippen LogP contribution in [0, 0.1) is 6.92 Å². The van der Waals surface area contributed by atoms with Gasteiger partial charge in [0.1, 0.15) is 5.65 Å². The van der Waals surface area contributed by atoms with E-state index in [1.165, 1.54) is 6.07 Å². The molecule has 1 N–H and O–H groups in total. The van der Waals surface area contributed by atoms with E-state index >= 15 is 0 Å². The number of rotatable bonds is 7. The lowest BCUT2D eigenvalue weighted by Gasteiger charge is -2.36. The predicted molar refractivity (Wildman–Crippen MR) is 157 cm³/mol. The number of halogens is 3. The number of hydrogen-bond acceptors (Lipinski definition) is 4. The molecule has 5 rings (SSSR count). The summed E-state index contributed by atoms with van der Waals surface area (Å²) in [6.45, 7) is 13.9. The van der Waals surface area contributed by atoms with Crippen molar-refractivity contribution in [2.45, 2.75) is 71.5 Å². The minimum Gasteiger partial charge on any atom is -0.411 e. The van der Waals surface area contributed by atoms with Crippen LogP contribution in [-0.2, 0) is 28.4 Å². The van der Waals surface area contributed by atoms with Gasteiger partial charge in [0.15, 0.2) is 8.32 Å². The molecule has 0 fully saturated rings. The molecule has 10 heteroatoms. The lowest BCUT2D eigenvalue weighted by atomic mass is 9.97. The van der Waals surface area contributed by atoms with E-state index in [4.69, 9.17) is 14.1 Å². The highest BCUT2D eigenvalue weighted by atomic mass is 28.4. The van der Waals surface area contributed by atoms with Gasteiger partial charge in [-0.15, -0.1) is 0 Å². The molecular formula is C31H37F3N4O2Si. The highest BCUT2D eigenvalue weighted by Crippen LogP contribution is 2.39. The van der Waals surface area contributed by atoms with E-state index in [0.29, 0.717) is 24.4 Å². The number of nitrogens with zero attached hydrogens (tertiary/aromatic N) is 3. The van der Waals surface area contributed by atoms with Gasteiger partial charge >= 0.3 is 6.18 Å². The zero-order valence-electron chi connectivity index (χ0n) is 24.4. The Balaban J connectivity index is 1.71. The van der Waals surface area contributed by atoms with Crippen molar-refractivity contribution >= 4 is 19.5 Å². The van der Waals surface area contributed by atoms with Gasteiger partial charge in [0.25, 0.3) is 0 Å². The maximum atomic E-state index is 13.8. The maximum absolute atomic E-state index is 13.8. The normalized spacial score (nSPS) is 15.0. The first-order valence-electron chi connectivity index (χ1n) is 13.9. The average molecular weight is 583 g/mol. The molecule has 0 amide bonds. The maximum Gasteiger partial charge on any atom is 0.416 e. The van der Waals surface area contributed by atoms with Crippen LogP contribution in [0.1, 0.15) is 60.8 Å². The summed E-state index contributed by atoms with van der Waals surface area (Å²) in [5.41, 5.74) is 6.32. The number of benzene rings is 1. The Hall–Kier alpha value is -3.21. The summed E-state index contributed by atoms with van der Waals surface area (Å²) in [4.78, 5) is 5.08. The van der Waals surface area contributed by atoms with E-state index in [2.05, 4.69) is 56.2 Å². The molecule has 41 heavy (non-hydrogen) atoms. The molecular weight excluding hydrogens is 545 g/mol. The van der Waals surface area contributed by atoms with Crippen LogP contribution in [0.4, 0.5) is 13.2 Å². The first kappa shape index (κ1) is 29.3. The summed E-state index contributed by atoms with van der Waals surface area (Å²) >= 11 is 0. The summed E-state index contributed by atoms with van der Waals surface area (Å²) < 4.78 is 55.6. The van der Waals surface area contributed by atoms with Crippen molar-refractivity contribution in [1.82, 2.24) is 19.6 Å². The van der Waals surface area contributed by atoms with Crippen LogP contribution < -0.4 is 0 Å². The molecule has 0 unspecified atom stereocenters. The van der Waals surface area contributed by atoms with Crippen LogP contribution >= 0.6 is 0 Å². The SMILES string of the molecule is Cc1c(Cc2c(CO[Si](C)(C)C(C)(C)C)nc3c(-c4ccn[nH]4)cc(C4=CCOCC4)cn23)cccc1C(F)(F)F. The minimum atomic E-state index is -4.43. The van der Waals surface area contributed by atoms with Crippen LogP contribution in [0.3, 0.4) is 0 Å². The van der Waals surface area contributed by atoms with Gasteiger partial charge in [0, 0.05) is 24.4 Å². The molecule has 0 radical (unpaired) electrons. The zero-order chi connectivity index (χ0) is 29.6. The van der Waals surface area contributed by atoms with Crippen LogP contribution in [0.25, 0.3) is 22.5 Å². The van der Waals surface area contributed by atoms with Crippen LogP contribution in [0.15, 0.2) is 48.8 Å². The molecule has 3 aromatic heterocycles. The summed E-state index contributed by atoms with van der Waals surface area (Å²) in [5.74, 6) is 0. The van der Waals surface area contributed by atoms with Crippen LogP contribution in [0.2, 0.25) is 18.1 Å². The molecule has 1 aliphatic rings. The second-order valence-corrected chi connectivity index (χ2v) is 17.0. The number of ether oxygens (including phenoxy) is 1. The third-order valence-electron chi connectivity index (χ3n) is 8.51.